The summed E-state index contributed by atoms with van der Waals surface area (Å²) in [4.78, 5) is 4.80. The molecule has 0 amide bonds. The minimum absolute atomic E-state index is 1.01. The molecule has 0 saturated heterocycles. The van der Waals surface area contributed by atoms with Crippen LogP contribution in [0.4, 0.5) is 0 Å². The number of fused-ring (bicyclic) bond motifs is 8. The molecule has 0 saturated carbocycles. The van der Waals surface area contributed by atoms with E-state index < -0.39 is 0 Å². The van der Waals surface area contributed by atoms with Gasteiger partial charge in [0.15, 0.2) is 0 Å². The Hall–Kier alpha value is -2.46. The summed E-state index contributed by atoms with van der Waals surface area (Å²) >= 11 is 1.38. The molecule has 3 nitrogen and oxygen atoms in total. The van der Waals surface area contributed by atoms with Crippen molar-refractivity contribution in [1.29, 1.82) is 0 Å². The van der Waals surface area contributed by atoms with Crippen molar-refractivity contribution in [2.45, 2.75) is 0 Å². The number of H-pyrrole nitrogens is 1. The van der Waals surface area contributed by atoms with Gasteiger partial charge in [-0.25, -0.2) is 4.98 Å². The lowest BCUT2D eigenvalue weighted by Gasteiger charge is -2.01. The van der Waals surface area contributed by atoms with Crippen LogP contribution in [0.2, 0.25) is 0 Å². The van der Waals surface area contributed by atoms with Gasteiger partial charge in [-0.1, -0.05) is 42.5 Å². The molecular formula is C16H9N3S. The van der Waals surface area contributed by atoms with Gasteiger partial charge < -0.3 is 0 Å². The van der Waals surface area contributed by atoms with E-state index in [4.69, 9.17) is 4.98 Å². The lowest BCUT2D eigenvalue weighted by atomic mass is 10.0. The Bertz CT molecular complexity index is 1100. The summed E-state index contributed by atoms with van der Waals surface area (Å²) in [6, 6.07) is 16.7. The fourth-order valence-corrected chi connectivity index (χ4v) is 3.61. The Balaban J connectivity index is 2.27. The summed E-state index contributed by atoms with van der Waals surface area (Å²) in [5.41, 5.74) is 4.12. The first-order valence-corrected chi connectivity index (χ1v) is 7.24. The monoisotopic (exact) mass is 275 g/mol. The molecule has 2 aromatic heterocycles. The van der Waals surface area contributed by atoms with E-state index in [1.165, 1.54) is 33.3 Å². The predicted molar refractivity (Wildman–Crippen MR) is 84.3 cm³/mol. The number of aromatic nitrogens is 3. The van der Waals surface area contributed by atoms with Gasteiger partial charge in [-0.05, 0) is 11.5 Å². The first-order chi connectivity index (χ1) is 9.93. The largest absolute Gasteiger partial charge is 0.291 e. The van der Waals surface area contributed by atoms with Crippen LogP contribution in [-0.2, 0) is 0 Å². The van der Waals surface area contributed by atoms with Gasteiger partial charge in [-0.15, -0.1) is 0 Å². The Morgan fingerprint density at radius 3 is 2.45 bits per heavy atom. The van der Waals surface area contributed by atoms with Crippen molar-refractivity contribution in [3.63, 3.8) is 0 Å². The zero-order chi connectivity index (χ0) is 13.1. The number of hydrogen-bond acceptors (Lipinski definition) is 3. The van der Waals surface area contributed by atoms with Crippen LogP contribution in [0, 0.1) is 0 Å². The number of hydrogen-bond donors (Lipinski definition) is 1. The van der Waals surface area contributed by atoms with Crippen molar-refractivity contribution >= 4 is 55.3 Å². The Morgan fingerprint density at radius 1 is 0.800 bits per heavy atom. The standard InChI is InChI=1S/C16H9N3S/c1-2-6-10-9(5-1)13-11-7-3-4-8-12(11)17-15(13)16-14(10)18-20-19-16/h1-8,19H. The molecule has 20 heavy (non-hydrogen) atoms. The fraction of sp³-hybridized carbons (Fsp3) is 0. The van der Waals surface area contributed by atoms with Crippen molar-refractivity contribution in [2.24, 2.45) is 0 Å². The highest BCUT2D eigenvalue weighted by Crippen LogP contribution is 2.37. The first kappa shape index (κ1) is 10.3. The number of benzene rings is 3. The molecule has 94 valence electrons. The summed E-state index contributed by atoms with van der Waals surface area (Å²) in [5, 5.41) is 4.84. The van der Waals surface area contributed by atoms with Gasteiger partial charge in [0.2, 0.25) is 0 Å². The summed E-state index contributed by atoms with van der Waals surface area (Å²) in [6.07, 6.45) is 0. The van der Waals surface area contributed by atoms with Crippen LogP contribution in [0.15, 0.2) is 48.5 Å². The Morgan fingerprint density at radius 2 is 1.55 bits per heavy atom. The summed E-state index contributed by atoms with van der Waals surface area (Å²) < 4.78 is 7.80. The van der Waals surface area contributed by atoms with Crippen LogP contribution in [0.5, 0.6) is 0 Å². The minimum Gasteiger partial charge on any atom is -0.291 e. The van der Waals surface area contributed by atoms with Crippen molar-refractivity contribution in [3.8, 4) is 0 Å². The van der Waals surface area contributed by atoms with Gasteiger partial charge in [0, 0.05) is 27.9 Å². The van der Waals surface area contributed by atoms with E-state index in [-0.39, 0.29) is 0 Å². The third-order valence-corrected chi connectivity index (χ3v) is 4.42. The second kappa shape index (κ2) is 3.55. The van der Waals surface area contributed by atoms with Gasteiger partial charge in [0.25, 0.3) is 0 Å². The first-order valence-electron chi connectivity index (χ1n) is 6.46. The van der Waals surface area contributed by atoms with Crippen LogP contribution in [0.25, 0.3) is 43.6 Å². The van der Waals surface area contributed by atoms with Crippen molar-refractivity contribution in [1.82, 2.24) is 13.7 Å². The molecule has 0 aliphatic carbocycles. The van der Waals surface area contributed by atoms with E-state index in [9.17, 15) is 0 Å². The topological polar surface area (TPSA) is 41.6 Å². The van der Waals surface area contributed by atoms with Crippen molar-refractivity contribution < 1.29 is 0 Å². The molecule has 0 atom stereocenters. The molecule has 0 spiro atoms. The van der Waals surface area contributed by atoms with Gasteiger partial charge in [-0.3, -0.25) is 4.37 Å². The summed E-state index contributed by atoms with van der Waals surface area (Å²) in [5.74, 6) is 0. The molecule has 0 aliphatic rings. The number of nitrogens with zero attached hydrogens (tertiary/aromatic N) is 2. The highest BCUT2D eigenvalue weighted by Gasteiger charge is 2.15. The van der Waals surface area contributed by atoms with E-state index in [0.29, 0.717) is 0 Å². The van der Waals surface area contributed by atoms with Crippen LogP contribution in [0.3, 0.4) is 0 Å². The quantitative estimate of drug-likeness (QED) is 0.453. The summed E-state index contributed by atoms with van der Waals surface area (Å²) in [7, 11) is 0. The predicted octanol–water partition coefficient (Wildman–Crippen LogP) is 4.48. The zero-order valence-corrected chi connectivity index (χ0v) is 11.2. The molecule has 0 fully saturated rings. The molecule has 2 heterocycles. The maximum atomic E-state index is 4.80. The molecule has 3 aromatic carbocycles. The average Bonchev–Trinajstić information content (AvgIpc) is 3.12. The lowest BCUT2D eigenvalue weighted by Crippen LogP contribution is -1.79. The molecule has 5 aromatic rings. The molecule has 1 N–H and O–H groups in total. The number of rotatable bonds is 0. The Labute approximate surface area is 118 Å². The number of para-hydroxylation sites is 1. The van der Waals surface area contributed by atoms with E-state index in [0.717, 1.165) is 22.1 Å². The third kappa shape index (κ3) is 1.15. The third-order valence-electron chi connectivity index (χ3n) is 3.85. The Kier molecular flexibility index (Phi) is 1.84. The van der Waals surface area contributed by atoms with Crippen molar-refractivity contribution in [3.05, 3.63) is 48.5 Å². The van der Waals surface area contributed by atoms with E-state index in [1.54, 1.807) is 0 Å². The maximum absolute atomic E-state index is 4.80. The zero-order valence-electron chi connectivity index (χ0n) is 10.4. The molecule has 0 radical (unpaired) electrons. The summed E-state index contributed by atoms with van der Waals surface area (Å²) in [6.45, 7) is 0. The van der Waals surface area contributed by atoms with E-state index in [2.05, 4.69) is 51.2 Å². The van der Waals surface area contributed by atoms with Crippen LogP contribution in [0.1, 0.15) is 0 Å². The van der Waals surface area contributed by atoms with Gasteiger partial charge in [-0.2, -0.15) is 4.37 Å². The number of aromatic amines is 1. The molecular weight excluding hydrogens is 266 g/mol. The van der Waals surface area contributed by atoms with Crippen LogP contribution < -0.4 is 0 Å². The highest BCUT2D eigenvalue weighted by molar-refractivity contribution is 7.00. The van der Waals surface area contributed by atoms with Gasteiger partial charge in [0.05, 0.1) is 11.0 Å². The smallest absolute Gasteiger partial charge is 0.112 e. The second-order valence-corrected chi connectivity index (χ2v) is 5.48. The molecule has 0 bridgehead atoms. The second-order valence-electron chi connectivity index (χ2n) is 4.91. The van der Waals surface area contributed by atoms with E-state index in [1.807, 2.05) is 6.07 Å². The molecule has 5 rings (SSSR count). The van der Waals surface area contributed by atoms with E-state index >= 15 is 0 Å². The van der Waals surface area contributed by atoms with Crippen LogP contribution in [-0.4, -0.2) is 13.7 Å². The van der Waals surface area contributed by atoms with Crippen LogP contribution >= 0.6 is 11.7 Å². The molecule has 0 unspecified atom stereocenters. The average molecular weight is 275 g/mol. The lowest BCUT2D eigenvalue weighted by molar-refractivity contribution is 1.55. The maximum Gasteiger partial charge on any atom is 0.112 e. The van der Waals surface area contributed by atoms with Gasteiger partial charge in [0.1, 0.15) is 11.0 Å². The highest BCUT2D eigenvalue weighted by atomic mass is 32.1. The van der Waals surface area contributed by atoms with Gasteiger partial charge >= 0.3 is 0 Å². The SMILES string of the molecule is c1ccc2c(c1)nc1c3[nH]snc3c3ccccc3c21. The number of nitrogens with one attached hydrogen (secondary N) is 1. The normalized spacial score (nSPS) is 12.0. The molecule has 4 heteroatoms. The minimum atomic E-state index is 1.01. The van der Waals surface area contributed by atoms with Crippen molar-refractivity contribution in [2.75, 3.05) is 0 Å². The fourth-order valence-electron chi connectivity index (χ4n) is 3.00. The molecule has 0 aliphatic heterocycles.